The maximum Gasteiger partial charge on any atom is 0.308 e. The lowest BCUT2D eigenvalue weighted by Crippen LogP contribution is -2.56. The standard InChI is InChI=1S/C19H24N2O4/c1-13-11-20(12-15(13)17(23)24)18(25)19(2)9-6-10-21(19)16(22)14-7-4-3-5-8-14/h3-5,7-8,13,15H,6,9-12H2,1-2H3,(H,23,24)/t13-,15-,19?/m1/s1. The van der Waals surface area contributed by atoms with Gasteiger partial charge in [-0.1, -0.05) is 25.1 Å². The van der Waals surface area contributed by atoms with Crippen molar-refractivity contribution in [2.75, 3.05) is 19.6 Å². The van der Waals surface area contributed by atoms with Gasteiger partial charge < -0.3 is 14.9 Å². The zero-order chi connectivity index (χ0) is 18.2. The molecule has 1 aromatic carbocycles. The summed E-state index contributed by atoms with van der Waals surface area (Å²) in [4.78, 5) is 40.7. The van der Waals surface area contributed by atoms with Gasteiger partial charge in [-0.2, -0.15) is 0 Å². The van der Waals surface area contributed by atoms with Crippen LogP contribution in [0.15, 0.2) is 30.3 Å². The second-order valence-electron chi connectivity index (χ2n) is 7.33. The number of benzene rings is 1. The van der Waals surface area contributed by atoms with Crippen molar-refractivity contribution in [3.05, 3.63) is 35.9 Å². The molecule has 2 heterocycles. The summed E-state index contributed by atoms with van der Waals surface area (Å²) in [5.41, 5.74) is -0.332. The second-order valence-corrected chi connectivity index (χ2v) is 7.33. The molecular formula is C19H24N2O4. The number of aliphatic carboxylic acids is 1. The molecule has 1 unspecified atom stereocenters. The number of hydrogen-bond acceptors (Lipinski definition) is 3. The van der Waals surface area contributed by atoms with Gasteiger partial charge in [-0.05, 0) is 37.8 Å². The molecule has 6 heteroatoms. The highest BCUT2D eigenvalue weighted by atomic mass is 16.4. The second kappa shape index (κ2) is 6.50. The van der Waals surface area contributed by atoms with E-state index in [1.807, 2.05) is 32.0 Å². The highest BCUT2D eigenvalue weighted by Gasteiger charge is 2.50. The number of amides is 2. The third-order valence-electron chi connectivity index (χ3n) is 5.58. The molecule has 3 atom stereocenters. The van der Waals surface area contributed by atoms with Crippen molar-refractivity contribution >= 4 is 17.8 Å². The van der Waals surface area contributed by atoms with Crippen LogP contribution in [-0.4, -0.2) is 57.9 Å². The van der Waals surface area contributed by atoms with E-state index in [0.29, 0.717) is 25.1 Å². The molecule has 0 saturated carbocycles. The van der Waals surface area contributed by atoms with Crippen molar-refractivity contribution < 1.29 is 19.5 Å². The average molecular weight is 344 g/mol. The Hall–Kier alpha value is -2.37. The van der Waals surface area contributed by atoms with E-state index in [1.165, 1.54) is 0 Å². The molecular weight excluding hydrogens is 320 g/mol. The van der Waals surface area contributed by atoms with Crippen molar-refractivity contribution in [3.63, 3.8) is 0 Å². The van der Waals surface area contributed by atoms with E-state index < -0.39 is 17.4 Å². The van der Waals surface area contributed by atoms with E-state index in [2.05, 4.69) is 0 Å². The van der Waals surface area contributed by atoms with Crippen LogP contribution in [0.1, 0.15) is 37.0 Å². The van der Waals surface area contributed by atoms with Crippen molar-refractivity contribution in [2.45, 2.75) is 32.2 Å². The van der Waals surface area contributed by atoms with Crippen LogP contribution >= 0.6 is 0 Å². The fourth-order valence-corrected chi connectivity index (χ4v) is 4.04. The van der Waals surface area contributed by atoms with Gasteiger partial charge in [-0.3, -0.25) is 14.4 Å². The van der Waals surface area contributed by atoms with Crippen molar-refractivity contribution in [3.8, 4) is 0 Å². The minimum absolute atomic E-state index is 0.0790. The normalized spacial score (nSPS) is 29.0. The van der Waals surface area contributed by atoms with Gasteiger partial charge in [-0.25, -0.2) is 0 Å². The minimum atomic E-state index is -0.903. The molecule has 0 aromatic heterocycles. The number of carboxylic acid groups (broad SMARTS) is 1. The Morgan fingerprint density at radius 3 is 2.44 bits per heavy atom. The van der Waals surface area contributed by atoms with Gasteiger partial charge >= 0.3 is 5.97 Å². The highest BCUT2D eigenvalue weighted by Crippen LogP contribution is 2.35. The number of carbonyl (C=O) groups is 3. The number of carboxylic acids is 1. The molecule has 2 amide bonds. The Bertz CT molecular complexity index is 690. The zero-order valence-corrected chi connectivity index (χ0v) is 14.6. The van der Waals surface area contributed by atoms with E-state index in [9.17, 15) is 19.5 Å². The van der Waals surface area contributed by atoms with E-state index in [0.717, 1.165) is 6.42 Å². The number of likely N-dealkylation sites (tertiary alicyclic amines) is 2. The lowest BCUT2D eigenvalue weighted by molar-refractivity contribution is -0.143. The highest BCUT2D eigenvalue weighted by molar-refractivity contribution is 5.99. The van der Waals surface area contributed by atoms with Gasteiger partial charge in [0.15, 0.2) is 0 Å². The van der Waals surface area contributed by atoms with E-state index >= 15 is 0 Å². The molecule has 25 heavy (non-hydrogen) atoms. The average Bonchev–Trinajstić information content (AvgIpc) is 3.18. The first-order valence-electron chi connectivity index (χ1n) is 8.74. The molecule has 0 aliphatic carbocycles. The van der Waals surface area contributed by atoms with E-state index in [1.54, 1.807) is 21.9 Å². The summed E-state index contributed by atoms with van der Waals surface area (Å²) in [7, 11) is 0. The third-order valence-corrected chi connectivity index (χ3v) is 5.58. The lowest BCUT2D eigenvalue weighted by atomic mass is 9.96. The minimum Gasteiger partial charge on any atom is -0.481 e. The summed E-state index contributed by atoms with van der Waals surface area (Å²) >= 11 is 0. The summed E-state index contributed by atoms with van der Waals surface area (Å²) in [6, 6.07) is 8.97. The molecule has 2 aliphatic rings. The topological polar surface area (TPSA) is 77.9 Å². The van der Waals surface area contributed by atoms with Gasteiger partial charge in [0.25, 0.3) is 5.91 Å². The summed E-state index contributed by atoms with van der Waals surface area (Å²) in [5.74, 6) is -1.76. The van der Waals surface area contributed by atoms with E-state index in [-0.39, 0.29) is 24.3 Å². The van der Waals surface area contributed by atoms with Crippen molar-refractivity contribution in [2.24, 2.45) is 11.8 Å². The molecule has 2 fully saturated rings. The Balaban J connectivity index is 1.81. The van der Waals surface area contributed by atoms with E-state index in [4.69, 9.17) is 0 Å². The van der Waals surface area contributed by atoms with Gasteiger partial charge in [0, 0.05) is 25.2 Å². The molecule has 1 aromatic rings. The fourth-order valence-electron chi connectivity index (χ4n) is 4.04. The molecule has 0 spiro atoms. The van der Waals surface area contributed by atoms with Gasteiger partial charge in [0.1, 0.15) is 5.54 Å². The Morgan fingerprint density at radius 2 is 1.84 bits per heavy atom. The summed E-state index contributed by atoms with van der Waals surface area (Å²) in [6.07, 6.45) is 1.37. The summed E-state index contributed by atoms with van der Waals surface area (Å²) in [6.45, 7) is 4.86. The Kier molecular flexibility index (Phi) is 4.54. The molecule has 0 bridgehead atoms. The predicted molar refractivity (Wildman–Crippen MR) is 92.0 cm³/mol. The molecule has 2 aliphatic heterocycles. The number of rotatable bonds is 3. The smallest absolute Gasteiger partial charge is 0.308 e. The van der Waals surface area contributed by atoms with Gasteiger partial charge in [-0.15, -0.1) is 0 Å². The van der Waals surface area contributed by atoms with Crippen molar-refractivity contribution in [1.82, 2.24) is 9.80 Å². The lowest BCUT2D eigenvalue weighted by Gasteiger charge is -2.37. The SMILES string of the molecule is C[C@@H]1CN(C(=O)C2(C)CCCN2C(=O)c2ccccc2)C[C@H]1C(=O)O. The number of carbonyl (C=O) groups excluding carboxylic acids is 2. The van der Waals surface area contributed by atoms with Crippen LogP contribution in [0.3, 0.4) is 0 Å². The molecule has 0 radical (unpaired) electrons. The maximum absolute atomic E-state index is 13.2. The van der Waals surface area contributed by atoms with Crippen LogP contribution in [0, 0.1) is 11.8 Å². The number of hydrogen-bond donors (Lipinski definition) is 1. The van der Waals surface area contributed by atoms with Crippen LogP contribution in [-0.2, 0) is 9.59 Å². The van der Waals surface area contributed by atoms with Crippen LogP contribution < -0.4 is 0 Å². The molecule has 1 N–H and O–H groups in total. The molecule has 134 valence electrons. The van der Waals surface area contributed by atoms with Crippen LogP contribution in [0.4, 0.5) is 0 Å². The van der Waals surface area contributed by atoms with Crippen molar-refractivity contribution in [1.29, 1.82) is 0 Å². The van der Waals surface area contributed by atoms with Crippen LogP contribution in [0.2, 0.25) is 0 Å². The van der Waals surface area contributed by atoms with Crippen LogP contribution in [0.5, 0.6) is 0 Å². The first-order chi connectivity index (χ1) is 11.8. The zero-order valence-electron chi connectivity index (χ0n) is 14.6. The predicted octanol–water partition coefficient (Wildman–Crippen LogP) is 1.86. The Morgan fingerprint density at radius 1 is 1.16 bits per heavy atom. The summed E-state index contributed by atoms with van der Waals surface area (Å²) < 4.78 is 0. The van der Waals surface area contributed by atoms with Crippen LogP contribution in [0.25, 0.3) is 0 Å². The molecule has 2 saturated heterocycles. The fraction of sp³-hybridized carbons (Fsp3) is 0.526. The van der Waals surface area contributed by atoms with Gasteiger partial charge in [0.05, 0.1) is 5.92 Å². The quantitative estimate of drug-likeness (QED) is 0.908. The first kappa shape index (κ1) is 17.5. The number of nitrogens with zero attached hydrogens (tertiary/aromatic N) is 2. The maximum atomic E-state index is 13.2. The molecule has 3 rings (SSSR count). The monoisotopic (exact) mass is 344 g/mol. The third kappa shape index (κ3) is 3.01. The summed E-state index contributed by atoms with van der Waals surface area (Å²) in [5, 5.41) is 9.30. The van der Waals surface area contributed by atoms with Gasteiger partial charge in [0.2, 0.25) is 5.91 Å². The molecule has 6 nitrogen and oxygen atoms in total. The first-order valence-corrected chi connectivity index (χ1v) is 8.74. The Labute approximate surface area is 147 Å². The largest absolute Gasteiger partial charge is 0.481 e.